The average molecular weight is 854 g/mol. The van der Waals surface area contributed by atoms with Crippen LogP contribution >= 0.6 is 0 Å². The van der Waals surface area contributed by atoms with Crippen molar-refractivity contribution in [2.75, 3.05) is 0 Å². The SMILES string of the molecule is CC/C(C)=C(\C=C(\c1ccccc1)c1ccccc1C)c1ccc(-c2ccc(C3(c4ccc(-c5ccc(-c6cc(-c7ccccc7)c7ccccc7n6)nc5)cc4)CCCCC3)cc2)cn1. The van der Waals surface area contributed by atoms with Crippen molar-refractivity contribution in [1.82, 2.24) is 15.0 Å². The Morgan fingerprint density at radius 3 is 1.76 bits per heavy atom. The molecule has 3 heteroatoms. The van der Waals surface area contributed by atoms with Crippen LogP contribution in [0.2, 0.25) is 0 Å². The Kier molecular flexibility index (Phi) is 12.2. The summed E-state index contributed by atoms with van der Waals surface area (Å²) >= 11 is 0. The largest absolute Gasteiger partial charge is 0.256 e. The van der Waals surface area contributed by atoms with Gasteiger partial charge in [-0.15, -0.1) is 0 Å². The third kappa shape index (κ3) is 8.57. The van der Waals surface area contributed by atoms with E-state index in [-0.39, 0.29) is 5.41 Å². The molecule has 1 aliphatic rings. The molecule has 322 valence electrons. The first-order chi connectivity index (χ1) is 32.5. The molecule has 1 saturated carbocycles. The number of aromatic nitrogens is 3. The molecule has 0 unspecified atom stereocenters. The number of hydrogen-bond acceptors (Lipinski definition) is 3. The van der Waals surface area contributed by atoms with Gasteiger partial charge in [0.2, 0.25) is 0 Å². The van der Waals surface area contributed by atoms with Crippen molar-refractivity contribution in [2.45, 2.75) is 64.7 Å². The summed E-state index contributed by atoms with van der Waals surface area (Å²) in [5.74, 6) is 0. The summed E-state index contributed by atoms with van der Waals surface area (Å²) in [6.07, 6.45) is 13.4. The van der Waals surface area contributed by atoms with Gasteiger partial charge in [-0.25, -0.2) is 4.98 Å². The number of para-hydroxylation sites is 1. The zero-order valence-electron chi connectivity index (χ0n) is 38.2. The molecule has 1 aliphatic carbocycles. The topological polar surface area (TPSA) is 38.7 Å². The summed E-state index contributed by atoms with van der Waals surface area (Å²) < 4.78 is 0. The molecule has 10 rings (SSSR count). The predicted molar refractivity (Wildman–Crippen MR) is 277 cm³/mol. The minimum absolute atomic E-state index is 0.0188. The Labute approximate surface area is 390 Å². The number of nitrogens with zero attached hydrogens (tertiary/aromatic N) is 3. The maximum Gasteiger partial charge on any atom is 0.0900 e. The van der Waals surface area contributed by atoms with E-state index in [0.717, 1.165) is 58.4 Å². The molecule has 3 aromatic heterocycles. The number of aryl methyl sites for hydroxylation is 1. The summed E-state index contributed by atoms with van der Waals surface area (Å²) in [6.45, 7) is 6.65. The van der Waals surface area contributed by atoms with Crippen LogP contribution in [-0.2, 0) is 5.41 Å². The molecule has 1 fully saturated rings. The number of benzene rings is 6. The normalized spacial score (nSPS) is 14.2. The van der Waals surface area contributed by atoms with Gasteiger partial charge in [0.1, 0.15) is 0 Å². The molecular formula is C63H55N3. The highest BCUT2D eigenvalue weighted by atomic mass is 14.8. The summed E-state index contributed by atoms with van der Waals surface area (Å²) in [4.78, 5) is 15.1. The fraction of sp³-hybridized carbons (Fsp3) is 0.159. The van der Waals surface area contributed by atoms with Gasteiger partial charge in [-0.05, 0) is 125 Å². The minimum Gasteiger partial charge on any atom is -0.256 e. The van der Waals surface area contributed by atoms with Crippen LogP contribution in [0.4, 0.5) is 0 Å². The first kappa shape index (κ1) is 42.5. The molecule has 66 heavy (non-hydrogen) atoms. The van der Waals surface area contributed by atoms with Gasteiger partial charge in [0.15, 0.2) is 0 Å². The van der Waals surface area contributed by atoms with Crippen LogP contribution in [0, 0.1) is 6.92 Å². The molecule has 3 heterocycles. The maximum atomic E-state index is 5.13. The molecule has 0 amide bonds. The van der Waals surface area contributed by atoms with Crippen molar-refractivity contribution in [3.05, 3.63) is 246 Å². The van der Waals surface area contributed by atoms with Crippen LogP contribution in [0.15, 0.2) is 212 Å². The number of allylic oxidation sites excluding steroid dienone is 3. The minimum atomic E-state index is -0.0188. The van der Waals surface area contributed by atoms with E-state index in [2.05, 4.69) is 209 Å². The van der Waals surface area contributed by atoms with Crippen molar-refractivity contribution >= 4 is 22.0 Å². The summed E-state index contributed by atoms with van der Waals surface area (Å²) in [6, 6.07) is 67.8. The quantitative estimate of drug-likeness (QED) is 0.122. The van der Waals surface area contributed by atoms with E-state index in [4.69, 9.17) is 15.0 Å². The lowest BCUT2D eigenvalue weighted by atomic mass is 9.65. The Morgan fingerprint density at radius 2 is 1.14 bits per heavy atom. The van der Waals surface area contributed by atoms with Gasteiger partial charge < -0.3 is 0 Å². The molecule has 9 aromatic rings. The maximum absolute atomic E-state index is 5.13. The van der Waals surface area contributed by atoms with Gasteiger partial charge in [0.25, 0.3) is 0 Å². The number of rotatable bonds is 11. The van der Waals surface area contributed by atoms with E-state index in [0.29, 0.717) is 0 Å². The molecule has 0 atom stereocenters. The lowest BCUT2D eigenvalue weighted by Crippen LogP contribution is -2.30. The molecule has 0 bridgehead atoms. The van der Waals surface area contributed by atoms with Gasteiger partial charge in [-0.1, -0.05) is 196 Å². The van der Waals surface area contributed by atoms with Gasteiger partial charge in [-0.3, -0.25) is 9.97 Å². The van der Waals surface area contributed by atoms with Gasteiger partial charge >= 0.3 is 0 Å². The Balaban J connectivity index is 0.900. The van der Waals surface area contributed by atoms with E-state index in [1.807, 2.05) is 18.5 Å². The van der Waals surface area contributed by atoms with Crippen molar-refractivity contribution in [1.29, 1.82) is 0 Å². The lowest BCUT2D eigenvalue weighted by molar-refractivity contribution is 0.346. The third-order valence-electron chi connectivity index (χ3n) is 13.9. The molecule has 0 aliphatic heterocycles. The summed E-state index contributed by atoms with van der Waals surface area (Å²) in [5.41, 5.74) is 20.8. The summed E-state index contributed by atoms with van der Waals surface area (Å²) in [7, 11) is 0. The highest BCUT2D eigenvalue weighted by Crippen LogP contribution is 2.46. The van der Waals surface area contributed by atoms with E-state index in [1.54, 1.807) is 0 Å². The highest BCUT2D eigenvalue weighted by Gasteiger charge is 2.35. The Bertz CT molecular complexity index is 3160. The van der Waals surface area contributed by atoms with Crippen molar-refractivity contribution in [3.63, 3.8) is 0 Å². The second-order valence-corrected chi connectivity index (χ2v) is 17.9. The van der Waals surface area contributed by atoms with E-state index >= 15 is 0 Å². The van der Waals surface area contributed by atoms with Crippen LogP contribution in [0.5, 0.6) is 0 Å². The second kappa shape index (κ2) is 18.9. The highest BCUT2D eigenvalue weighted by molar-refractivity contribution is 5.96. The van der Waals surface area contributed by atoms with Crippen LogP contribution in [0.3, 0.4) is 0 Å². The molecule has 0 N–H and O–H groups in total. The van der Waals surface area contributed by atoms with E-state index < -0.39 is 0 Å². The molecule has 3 nitrogen and oxygen atoms in total. The van der Waals surface area contributed by atoms with Crippen LogP contribution in [0.1, 0.15) is 85.9 Å². The van der Waals surface area contributed by atoms with Crippen LogP contribution in [-0.4, -0.2) is 15.0 Å². The molecule has 6 aromatic carbocycles. The first-order valence-corrected chi connectivity index (χ1v) is 23.6. The molecule has 0 spiro atoms. The Hall–Kier alpha value is -7.49. The number of hydrogen-bond donors (Lipinski definition) is 0. The van der Waals surface area contributed by atoms with Crippen molar-refractivity contribution in [2.24, 2.45) is 0 Å². The standard InChI is InChI=1S/C63H55N3/c1-4-44(2)56(40-57(48-19-8-5-9-20-48)54-23-13-12-18-45(54)3)59-36-30-50(42-64-59)46-26-32-52(33-27-46)63(38-16-7-17-39-63)53-34-28-47(29-35-53)51-31-37-61(65-43-51)62-41-58(49-21-10-6-11-22-49)55-24-14-15-25-60(55)66-62/h5-6,8-15,18-37,40-43H,4,7,16-17,38-39H2,1-3H3/b56-44+,57-40-. The van der Waals surface area contributed by atoms with Crippen LogP contribution < -0.4 is 0 Å². The van der Waals surface area contributed by atoms with E-state index in [1.165, 1.54) is 86.1 Å². The number of fused-ring (bicyclic) bond motifs is 1. The molecule has 0 radical (unpaired) electrons. The second-order valence-electron chi connectivity index (χ2n) is 17.9. The number of pyridine rings is 3. The molecular weight excluding hydrogens is 799 g/mol. The molecule has 0 saturated heterocycles. The fourth-order valence-electron chi connectivity index (χ4n) is 10.0. The first-order valence-electron chi connectivity index (χ1n) is 23.6. The lowest BCUT2D eigenvalue weighted by Gasteiger charge is -2.39. The van der Waals surface area contributed by atoms with Crippen LogP contribution in [0.25, 0.3) is 66.8 Å². The zero-order valence-corrected chi connectivity index (χ0v) is 38.2. The van der Waals surface area contributed by atoms with Gasteiger partial charge in [0, 0.05) is 34.3 Å². The smallest absolute Gasteiger partial charge is 0.0900 e. The van der Waals surface area contributed by atoms with Gasteiger partial charge in [-0.2, -0.15) is 0 Å². The fourth-order valence-corrected chi connectivity index (χ4v) is 10.0. The zero-order chi connectivity index (χ0) is 44.9. The third-order valence-corrected chi connectivity index (χ3v) is 13.9. The van der Waals surface area contributed by atoms with Crippen molar-refractivity contribution in [3.8, 4) is 44.8 Å². The van der Waals surface area contributed by atoms with E-state index in [9.17, 15) is 0 Å². The van der Waals surface area contributed by atoms with Gasteiger partial charge in [0.05, 0.1) is 22.6 Å². The van der Waals surface area contributed by atoms with Crippen molar-refractivity contribution < 1.29 is 0 Å². The monoisotopic (exact) mass is 853 g/mol. The Morgan fingerprint density at radius 1 is 0.545 bits per heavy atom. The predicted octanol–water partition coefficient (Wildman–Crippen LogP) is 16.6. The average Bonchev–Trinajstić information content (AvgIpc) is 3.40. The summed E-state index contributed by atoms with van der Waals surface area (Å²) in [5, 5.41) is 1.14.